The van der Waals surface area contributed by atoms with Crippen LogP contribution in [0.2, 0.25) is 0 Å². The summed E-state index contributed by atoms with van der Waals surface area (Å²) in [4.78, 5) is 21.7. The lowest BCUT2D eigenvalue weighted by Crippen LogP contribution is -2.41. The molecular weight excluding hydrogens is 404 g/mol. The molecule has 31 heavy (non-hydrogen) atoms. The normalized spacial score (nSPS) is 16.7. The lowest BCUT2D eigenvalue weighted by Gasteiger charge is -2.32. The summed E-state index contributed by atoms with van der Waals surface area (Å²) in [7, 11) is 1.97. The summed E-state index contributed by atoms with van der Waals surface area (Å²) in [6.45, 7) is 3.99. The lowest BCUT2D eigenvalue weighted by molar-refractivity contribution is 0.0928. The molecule has 1 aliphatic rings. The van der Waals surface area contributed by atoms with Crippen molar-refractivity contribution in [2.45, 2.75) is 19.3 Å². The highest BCUT2D eigenvalue weighted by molar-refractivity contribution is 7.14. The molecule has 6 heteroatoms. The van der Waals surface area contributed by atoms with Gasteiger partial charge in [0.25, 0.3) is 5.91 Å². The second-order valence-corrected chi connectivity index (χ2v) is 9.00. The fourth-order valence-electron chi connectivity index (χ4n) is 4.07. The average molecular weight is 435 g/mol. The van der Waals surface area contributed by atoms with Crippen molar-refractivity contribution in [3.63, 3.8) is 0 Å². The van der Waals surface area contributed by atoms with Crippen molar-refractivity contribution in [2.24, 2.45) is 5.92 Å². The van der Waals surface area contributed by atoms with Crippen molar-refractivity contribution in [3.8, 4) is 0 Å². The van der Waals surface area contributed by atoms with E-state index in [2.05, 4.69) is 45.5 Å². The van der Waals surface area contributed by atoms with Gasteiger partial charge in [-0.15, -0.1) is 11.3 Å². The van der Waals surface area contributed by atoms with Crippen molar-refractivity contribution in [2.75, 3.05) is 38.1 Å². The van der Waals surface area contributed by atoms with Crippen LogP contribution < -0.4 is 10.2 Å². The number of hydrogen-bond acceptors (Lipinski definition) is 5. The summed E-state index contributed by atoms with van der Waals surface area (Å²) in [6.07, 6.45) is 3.44. The molecule has 0 radical (unpaired) electrons. The van der Waals surface area contributed by atoms with Crippen LogP contribution in [0.3, 0.4) is 0 Å². The Hall–Kier alpha value is -2.70. The zero-order valence-electron chi connectivity index (χ0n) is 18.0. The summed E-state index contributed by atoms with van der Waals surface area (Å²) < 4.78 is 0. The molecule has 2 aromatic carbocycles. The predicted octanol–water partition coefficient (Wildman–Crippen LogP) is 4.60. The Morgan fingerprint density at radius 3 is 2.68 bits per heavy atom. The number of rotatable bonds is 8. The maximum atomic E-state index is 12.7. The quantitative estimate of drug-likeness (QED) is 0.563. The minimum absolute atomic E-state index is 0.0784. The Balaban J connectivity index is 1.25. The van der Waals surface area contributed by atoms with Crippen LogP contribution >= 0.6 is 11.3 Å². The van der Waals surface area contributed by atoms with E-state index in [1.54, 1.807) is 0 Å². The molecule has 3 aromatic rings. The third-order valence-electron chi connectivity index (χ3n) is 5.87. The van der Waals surface area contributed by atoms with Crippen molar-refractivity contribution < 1.29 is 4.79 Å². The number of nitrogens with zero attached hydrogens (tertiary/aromatic N) is 3. The summed E-state index contributed by atoms with van der Waals surface area (Å²) in [5, 5.41) is 5.78. The maximum Gasteiger partial charge on any atom is 0.270 e. The van der Waals surface area contributed by atoms with Crippen LogP contribution in [-0.4, -0.2) is 49.0 Å². The van der Waals surface area contributed by atoms with E-state index in [9.17, 15) is 4.79 Å². The summed E-state index contributed by atoms with van der Waals surface area (Å²) in [5.41, 5.74) is 2.94. The molecule has 0 bridgehead atoms. The van der Waals surface area contributed by atoms with E-state index in [1.807, 2.05) is 47.7 Å². The smallest absolute Gasteiger partial charge is 0.270 e. The molecule has 2 heterocycles. The number of hydrogen-bond donors (Lipinski definition) is 1. The van der Waals surface area contributed by atoms with Gasteiger partial charge in [0.05, 0.1) is 0 Å². The van der Waals surface area contributed by atoms with E-state index in [1.165, 1.54) is 29.7 Å². The molecule has 1 amide bonds. The summed E-state index contributed by atoms with van der Waals surface area (Å²) in [5.74, 6) is 0.420. The Kier molecular flexibility index (Phi) is 7.33. The van der Waals surface area contributed by atoms with Gasteiger partial charge in [-0.05, 0) is 49.4 Å². The topological polar surface area (TPSA) is 48.5 Å². The maximum absolute atomic E-state index is 12.7. The van der Waals surface area contributed by atoms with Gasteiger partial charge < -0.3 is 15.1 Å². The van der Waals surface area contributed by atoms with Crippen molar-refractivity contribution in [1.82, 2.24) is 15.2 Å². The van der Waals surface area contributed by atoms with Gasteiger partial charge >= 0.3 is 0 Å². The van der Waals surface area contributed by atoms with Gasteiger partial charge in [0, 0.05) is 37.7 Å². The zero-order chi connectivity index (χ0) is 21.5. The molecule has 1 N–H and O–H groups in total. The second-order valence-electron chi connectivity index (χ2n) is 8.16. The number of amides is 1. The number of benzene rings is 2. The number of piperidine rings is 1. The molecule has 1 aliphatic heterocycles. The minimum Gasteiger partial charge on any atom is -0.350 e. The van der Waals surface area contributed by atoms with E-state index in [-0.39, 0.29) is 5.91 Å². The standard InChI is InChI=1S/C25H30N4OS/c1-28(22-12-6-3-7-13-22)25-27-23(19-31-25)24(30)26-17-21-11-8-15-29(18-21)16-14-20-9-4-2-5-10-20/h2-7,9-10,12-13,19,21H,8,11,14-18H2,1H3,(H,26,30)/t21-/m0/s1. The Bertz CT molecular complexity index is 960. The number of carbonyl (C=O) groups is 1. The van der Waals surface area contributed by atoms with Gasteiger partial charge in [-0.25, -0.2) is 4.98 Å². The Labute approximate surface area is 188 Å². The number of aromatic nitrogens is 1. The lowest BCUT2D eigenvalue weighted by atomic mass is 9.97. The molecular formula is C25H30N4OS. The van der Waals surface area contributed by atoms with Gasteiger partial charge in [0.15, 0.2) is 5.13 Å². The number of thiazole rings is 1. The number of likely N-dealkylation sites (tertiary alicyclic amines) is 1. The second kappa shape index (κ2) is 10.6. The summed E-state index contributed by atoms with van der Waals surface area (Å²) in [6, 6.07) is 20.7. The number of carbonyl (C=O) groups excluding carboxylic acids is 1. The average Bonchev–Trinajstić information content (AvgIpc) is 3.33. The fraction of sp³-hybridized carbons (Fsp3) is 0.360. The van der Waals surface area contributed by atoms with Gasteiger partial charge in [0.1, 0.15) is 5.69 Å². The highest BCUT2D eigenvalue weighted by Crippen LogP contribution is 2.26. The molecule has 4 rings (SSSR count). The van der Waals surface area contributed by atoms with Crippen LogP contribution in [0.5, 0.6) is 0 Å². The molecule has 0 spiro atoms. The first-order chi connectivity index (χ1) is 15.2. The van der Waals surface area contributed by atoms with Crippen molar-refractivity contribution >= 4 is 28.1 Å². The van der Waals surface area contributed by atoms with Gasteiger partial charge in [0.2, 0.25) is 0 Å². The van der Waals surface area contributed by atoms with Crippen LogP contribution in [-0.2, 0) is 6.42 Å². The highest BCUT2D eigenvalue weighted by Gasteiger charge is 2.21. The Morgan fingerprint density at radius 2 is 1.90 bits per heavy atom. The molecule has 0 unspecified atom stereocenters. The van der Waals surface area contributed by atoms with Crippen LogP contribution in [0.15, 0.2) is 66.0 Å². The Morgan fingerprint density at radius 1 is 1.16 bits per heavy atom. The molecule has 1 saturated heterocycles. The third-order valence-corrected chi connectivity index (χ3v) is 6.79. The number of para-hydroxylation sites is 1. The molecule has 162 valence electrons. The van der Waals surface area contributed by atoms with E-state index < -0.39 is 0 Å². The summed E-state index contributed by atoms with van der Waals surface area (Å²) >= 11 is 1.49. The van der Waals surface area contributed by atoms with Crippen LogP contribution in [0.25, 0.3) is 0 Å². The van der Waals surface area contributed by atoms with Crippen molar-refractivity contribution in [3.05, 3.63) is 77.3 Å². The monoisotopic (exact) mass is 434 g/mol. The molecule has 5 nitrogen and oxygen atoms in total. The van der Waals surface area contributed by atoms with E-state index >= 15 is 0 Å². The first-order valence-corrected chi connectivity index (χ1v) is 11.9. The van der Waals surface area contributed by atoms with Crippen LogP contribution in [0.1, 0.15) is 28.9 Å². The number of anilines is 2. The van der Waals surface area contributed by atoms with E-state index in [0.29, 0.717) is 18.2 Å². The highest BCUT2D eigenvalue weighted by atomic mass is 32.1. The fourth-order valence-corrected chi connectivity index (χ4v) is 4.86. The number of nitrogens with one attached hydrogen (secondary N) is 1. The van der Waals surface area contributed by atoms with Crippen LogP contribution in [0.4, 0.5) is 10.8 Å². The van der Waals surface area contributed by atoms with Crippen LogP contribution in [0, 0.1) is 5.92 Å². The molecule has 1 aromatic heterocycles. The predicted molar refractivity (Wildman–Crippen MR) is 128 cm³/mol. The third kappa shape index (κ3) is 5.93. The molecule has 0 aliphatic carbocycles. The van der Waals surface area contributed by atoms with E-state index in [4.69, 9.17) is 0 Å². The zero-order valence-corrected chi connectivity index (χ0v) is 18.9. The van der Waals surface area contributed by atoms with E-state index in [0.717, 1.165) is 36.9 Å². The molecule has 0 saturated carbocycles. The molecule has 1 fully saturated rings. The first-order valence-electron chi connectivity index (χ1n) is 11.0. The SMILES string of the molecule is CN(c1ccccc1)c1nc(C(=O)NC[C@@H]2CCCN(CCc3ccccc3)C2)cs1. The van der Waals surface area contributed by atoms with Gasteiger partial charge in [-0.2, -0.15) is 0 Å². The largest absolute Gasteiger partial charge is 0.350 e. The van der Waals surface area contributed by atoms with Crippen molar-refractivity contribution in [1.29, 1.82) is 0 Å². The molecule has 1 atom stereocenters. The minimum atomic E-state index is -0.0784. The van der Waals surface area contributed by atoms with Gasteiger partial charge in [-0.1, -0.05) is 48.5 Å². The van der Waals surface area contributed by atoms with Gasteiger partial charge in [-0.3, -0.25) is 4.79 Å². The first kappa shape index (κ1) is 21.5.